The fourth-order valence-electron chi connectivity index (χ4n) is 1.64. The van der Waals surface area contributed by atoms with Crippen molar-refractivity contribution in [1.29, 1.82) is 0 Å². The van der Waals surface area contributed by atoms with E-state index in [1.54, 1.807) is 13.8 Å². The highest BCUT2D eigenvalue weighted by Crippen LogP contribution is 2.16. The van der Waals surface area contributed by atoms with Gasteiger partial charge in [-0.2, -0.15) is 0 Å². The van der Waals surface area contributed by atoms with E-state index in [0.29, 0.717) is 6.42 Å². The summed E-state index contributed by atoms with van der Waals surface area (Å²) in [6.45, 7) is 5.71. The number of aliphatic hydroxyl groups excluding tert-OH is 1. The molecule has 1 N–H and O–H groups in total. The lowest BCUT2D eigenvalue weighted by Crippen LogP contribution is -2.37. The molecule has 0 radical (unpaired) electrons. The van der Waals surface area contributed by atoms with Gasteiger partial charge in [0.1, 0.15) is 0 Å². The van der Waals surface area contributed by atoms with Crippen LogP contribution in [0, 0.1) is 5.92 Å². The zero-order chi connectivity index (χ0) is 14.0. The Morgan fingerprint density at radius 3 is 1.89 bits per heavy atom. The third kappa shape index (κ3) is 6.00. The van der Waals surface area contributed by atoms with Gasteiger partial charge in [0.15, 0.2) is 5.92 Å². The molecule has 1 atom stereocenters. The Hall–Kier alpha value is -1.10. The van der Waals surface area contributed by atoms with Crippen LogP contribution in [0.15, 0.2) is 0 Å². The number of esters is 2. The molecule has 0 spiro atoms. The smallest absolute Gasteiger partial charge is 0.323 e. The number of aliphatic hydroxyl groups is 1. The van der Waals surface area contributed by atoms with E-state index in [4.69, 9.17) is 9.47 Å². The van der Waals surface area contributed by atoms with Gasteiger partial charge in [-0.15, -0.1) is 0 Å². The normalized spacial score (nSPS) is 12.3. The highest BCUT2D eigenvalue weighted by Gasteiger charge is 2.36. The number of hydrogen-bond acceptors (Lipinski definition) is 5. The second kappa shape index (κ2) is 9.88. The molecule has 0 aromatic carbocycles. The maximum atomic E-state index is 11.7. The van der Waals surface area contributed by atoms with Gasteiger partial charge in [0.05, 0.1) is 19.3 Å². The van der Waals surface area contributed by atoms with E-state index in [-0.39, 0.29) is 13.2 Å². The Morgan fingerprint density at radius 1 is 1.00 bits per heavy atom. The average Bonchev–Trinajstić information content (AvgIpc) is 2.30. The summed E-state index contributed by atoms with van der Waals surface area (Å²) in [5.74, 6) is -2.64. The summed E-state index contributed by atoms with van der Waals surface area (Å²) >= 11 is 0. The lowest BCUT2D eigenvalue weighted by atomic mass is 9.97. The molecule has 0 aliphatic rings. The molecule has 18 heavy (non-hydrogen) atoms. The molecule has 0 saturated heterocycles. The molecule has 0 aliphatic carbocycles. The molecule has 5 nitrogen and oxygen atoms in total. The highest BCUT2D eigenvalue weighted by atomic mass is 16.6. The van der Waals surface area contributed by atoms with Crippen LogP contribution in [-0.4, -0.2) is 36.4 Å². The average molecular weight is 260 g/mol. The van der Waals surface area contributed by atoms with Gasteiger partial charge in [-0.25, -0.2) is 0 Å². The van der Waals surface area contributed by atoms with Crippen LogP contribution in [0.2, 0.25) is 0 Å². The van der Waals surface area contributed by atoms with Gasteiger partial charge in [0.25, 0.3) is 0 Å². The van der Waals surface area contributed by atoms with Gasteiger partial charge in [-0.05, 0) is 20.3 Å². The first-order chi connectivity index (χ1) is 8.58. The first-order valence-electron chi connectivity index (χ1n) is 6.59. The molecule has 0 bridgehead atoms. The third-order valence-corrected chi connectivity index (χ3v) is 2.57. The van der Waals surface area contributed by atoms with Gasteiger partial charge in [-0.1, -0.05) is 26.2 Å². The maximum absolute atomic E-state index is 11.7. The summed E-state index contributed by atoms with van der Waals surface area (Å²) in [6.07, 6.45) is 2.10. The Labute approximate surface area is 108 Å². The molecule has 0 amide bonds. The molecule has 0 saturated carbocycles. The summed E-state index contributed by atoms with van der Waals surface area (Å²) in [5.41, 5.74) is 0. The van der Waals surface area contributed by atoms with Crippen molar-refractivity contribution in [3.05, 3.63) is 0 Å². The van der Waals surface area contributed by atoms with E-state index in [1.807, 2.05) is 6.92 Å². The quantitative estimate of drug-likeness (QED) is 0.388. The predicted octanol–water partition coefficient (Wildman–Crippen LogP) is 1.67. The number of unbranched alkanes of at least 4 members (excludes halogenated alkanes) is 2. The fourth-order valence-corrected chi connectivity index (χ4v) is 1.64. The van der Waals surface area contributed by atoms with Crippen molar-refractivity contribution in [2.75, 3.05) is 13.2 Å². The van der Waals surface area contributed by atoms with Crippen LogP contribution in [0.4, 0.5) is 0 Å². The largest absolute Gasteiger partial charge is 0.465 e. The second-order valence-corrected chi connectivity index (χ2v) is 4.04. The molecule has 0 fully saturated rings. The van der Waals surface area contributed by atoms with Crippen molar-refractivity contribution in [3.63, 3.8) is 0 Å². The van der Waals surface area contributed by atoms with Gasteiger partial charge in [0.2, 0.25) is 0 Å². The van der Waals surface area contributed by atoms with Gasteiger partial charge < -0.3 is 14.6 Å². The maximum Gasteiger partial charge on any atom is 0.323 e. The van der Waals surface area contributed by atoms with E-state index < -0.39 is 24.0 Å². The van der Waals surface area contributed by atoms with Crippen molar-refractivity contribution in [2.45, 2.75) is 52.6 Å². The number of rotatable bonds is 9. The van der Waals surface area contributed by atoms with Crippen molar-refractivity contribution in [1.82, 2.24) is 0 Å². The van der Waals surface area contributed by atoms with Crippen molar-refractivity contribution in [3.8, 4) is 0 Å². The molecule has 106 valence electrons. The van der Waals surface area contributed by atoms with Crippen LogP contribution in [0.3, 0.4) is 0 Å². The van der Waals surface area contributed by atoms with Gasteiger partial charge in [-0.3, -0.25) is 9.59 Å². The second-order valence-electron chi connectivity index (χ2n) is 4.04. The Kier molecular flexibility index (Phi) is 9.28. The predicted molar refractivity (Wildman–Crippen MR) is 66.9 cm³/mol. The Balaban J connectivity index is 4.53. The lowest BCUT2D eigenvalue weighted by molar-refractivity contribution is -0.167. The minimum absolute atomic E-state index is 0.177. The number of ether oxygens (including phenoxy) is 2. The number of carbonyl (C=O) groups is 2. The van der Waals surface area contributed by atoms with E-state index in [2.05, 4.69) is 0 Å². The standard InChI is InChI=1S/C13H24O5/c1-4-7-8-9-10(14)11(12(15)17-5-2)13(16)18-6-3/h10-11,14H,4-9H2,1-3H3. The lowest BCUT2D eigenvalue weighted by Gasteiger charge is -2.19. The first-order valence-corrected chi connectivity index (χ1v) is 6.59. The zero-order valence-electron chi connectivity index (χ0n) is 11.5. The van der Waals surface area contributed by atoms with Gasteiger partial charge in [0, 0.05) is 0 Å². The van der Waals surface area contributed by atoms with E-state index >= 15 is 0 Å². The van der Waals surface area contributed by atoms with E-state index in [1.165, 1.54) is 0 Å². The van der Waals surface area contributed by atoms with E-state index in [9.17, 15) is 14.7 Å². The van der Waals surface area contributed by atoms with Crippen molar-refractivity contribution in [2.24, 2.45) is 5.92 Å². The Morgan fingerprint density at radius 2 is 1.50 bits per heavy atom. The van der Waals surface area contributed by atoms with Crippen molar-refractivity contribution >= 4 is 11.9 Å². The highest BCUT2D eigenvalue weighted by molar-refractivity contribution is 5.95. The summed E-state index contributed by atoms with van der Waals surface area (Å²) < 4.78 is 9.60. The minimum atomic E-state index is -1.22. The Bertz CT molecular complexity index is 234. The molecule has 5 heteroatoms. The molecular weight excluding hydrogens is 236 g/mol. The van der Waals surface area contributed by atoms with Gasteiger partial charge >= 0.3 is 11.9 Å². The monoisotopic (exact) mass is 260 g/mol. The van der Waals surface area contributed by atoms with E-state index in [0.717, 1.165) is 19.3 Å². The zero-order valence-corrected chi connectivity index (χ0v) is 11.5. The summed E-state index contributed by atoms with van der Waals surface area (Å²) in [5, 5.41) is 9.93. The molecule has 0 rings (SSSR count). The molecule has 0 heterocycles. The molecule has 0 aromatic heterocycles. The summed E-state index contributed by atoms with van der Waals surface area (Å²) in [7, 11) is 0. The van der Waals surface area contributed by atoms with Crippen LogP contribution < -0.4 is 0 Å². The SMILES string of the molecule is CCCCCC(O)C(C(=O)OCC)C(=O)OCC. The van der Waals surface area contributed by atoms with Crippen LogP contribution in [-0.2, 0) is 19.1 Å². The van der Waals surface area contributed by atoms with Crippen molar-refractivity contribution < 1.29 is 24.2 Å². The fraction of sp³-hybridized carbons (Fsp3) is 0.846. The minimum Gasteiger partial charge on any atom is -0.465 e. The van der Waals surface area contributed by atoms with Crippen LogP contribution in [0.1, 0.15) is 46.5 Å². The van der Waals surface area contributed by atoms with Crippen LogP contribution in [0.25, 0.3) is 0 Å². The molecule has 1 unspecified atom stereocenters. The number of hydrogen-bond donors (Lipinski definition) is 1. The summed E-state index contributed by atoms with van der Waals surface area (Å²) in [6, 6.07) is 0. The molecule has 0 aliphatic heterocycles. The molecule has 0 aromatic rings. The third-order valence-electron chi connectivity index (χ3n) is 2.57. The number of carbonyl (C=O) groups excluding carboxylic acids is 2. The van der Waals surface area contributed by atoms with Crippen LogP contribution >= 0.6 is 0 Å². The topological polar surface area (TPSA) is 72.8 Å². The van der Waals surface area contributed by atoms with Crippen LogP contribution in [0.5, 0.6) is 0 Å². The first kappa shape index (κ1) is 16.9. The summed E-state index contributed by atoms with van der Waals surface area (Å²) in [4.78, 5) is 23.3. The molecular formula is C13H24O5.